The molecule has 0 radical (unpaired) electrons. The van der Waals surface area contributed by atoms with Crippen LogP contribution in [0.2, 0.25) is 0 Å². The van der Waals surface area contributed by atoms with Crippen LogP contribution in [0.5, 0.6) is 0 Å². The van der Waals surface area contributed by atoms with Gasteiger partial charge in [0.25, 0.3) is 0 Å². The smallest absolute Gasteiger partial charge is 0.0727 e. The predicted octanol–water partition coefficient (Wildman–Crippen LogP) is 14.6. The summed E-state index contributed by atoms with van der Waals surface area (Å²) in [5.41, 5.74) is 19.0. The molecule has 12 rings (SSSR count). The third kappa shape index (κ3) is 4.82. The average Bonchev–Trinajstić information content (AvgIpc) is 3.88. The second kappa shape index (κ2) is 13.0. The van der Waals surface area contributed by atoms with E-state index in [-0.39, 0.29) is 0 Å². The zero-order valence-corrected chi connectivity index (χ0v) is 32.6. The van der Waals surface area contributed by atoms with Gasteiger partial charge in [-0.25, -0.2) is 0 Å². The summed E-state index contributed by atoms with van der Waals surface area (Å²) in [6.45, 7) is 0. The Morgan fingerprint density at radius 1 is 0.305 bits per heavy atom. The highest BCUT2D eigenvalue weighted by Crippen LogP contribution is 2.64. The van der Waals surface area contributed by atoms with Crippen LogP contribution in [-0.2, 0) is 12.5 Å². The van der Waals surface area contributed by atoms with E-state index in [1.807, 2.05) is 0 Å². The third-order valence-electron chi connectivity index (χ3n) is 12.8. The maximum atomic E-state index is 2.48. The molecule has 0 aliphatic heterocycles. The minimum Gasteiger partial charge on any atom is -0.344 e. The van der Waals surface area contributed by atoms with Gasteiger partial charge in [-0.2, -0.15) is 0 Å². The lowest BCUT2D eigenvalue weighted by Crippen LogP contribution is -2.26. The lowest BCUT2D eigenvalue weighted by molar-refractivity contribution is 0.793. The van der Waals surface area contributed by atoms with Crippen molar-refractivity contribution in [1.82, 2.24) is 4.57 Å². The maximum Gasteiger partial charge on any atom is 0.0727 e. The Morgan fingerprint density at radius 2 is 0.695 bits per heavy atom. The first kappa shape index (κ1) is 33.5. The highest BCUT2D eigenvalue weighted by atomic mass is 15.1. The molecule has 9 aromatic carbocycles. The Bertz CT molecular complexity index is 3190. The molecule has 1 unspecified atom stereocenters. The molecular formula is C56H39N3. The van der Waals surface area contributed by atoms with E-state index in [0.29, 0.717) is 0 Å². The Kier molecular flexibility index (Phi) is 7.36. The van der Waals surface area contributed by atoms with Crippen LogP contribution >= 0.6 is 0 Å². The monoisotopic (exact) mass is 753 g/mol. The molecule has 0 saturated heterocycles. The summed E-state index contributed by atoms with van der Waals surface area (Å²) < 4.78 is 2.32. The van der Waals surface area contributed by atoms with Gasteiger partial charge < -0.3 is 14.4 Å². The maximum absolute atomic E-state index is 2.48. The summed E-state index contributed by atoms with van der Waals surface area (Å²) >= 11 is 0. The van der Waals surface area contributed by atoms with Gasteiger partial charge in [0.1, 0.15) is 0 Å². The van der Waals surface area contributed by atoms with Crippen molar-refractivity contribution < 1.29 is 0 Å². The Hall–Kier alpha value is -7.62. The van der Waals surface area contributed by atoms with Gasteiger partial charge in [-0.3, -0.25) is 0 Å². The number of hydrogen-bond donors (Lipinski definition) is 0. The molecule has 1 atom stereocenters. The van der Waals surface area contributed by atoms with E-state index in [1.54, 1.807) is 0 Å². The van der Waals surface area contributed by atoms with Gasteiger partial charge in [0.05, 0.1) is 10.9 Å². The number of rotatable bonds is 6. The summed E-state index contributed by atoms with van der Waals surface area (Å²) in [5.74, 6) is 0. The topological polar surface area (TPSA) is 11.4 Å². The van der Waals surface area contributed by atoms with Crippen LogP contribution in [0, 0.1) is 0 Å². The molecule has 3 nitrogen and oxygen atoms in total. The van der Waals surface area contributed by atoms with Gasteiger partial charge in [0.15, 0.2) is 0 Å². The van der Waals surface area contributed by atoms with Crippen molar-refractivity contribution >= 4 is 55.9 Å². The van der Waals surface area contributed by atoms with Gasteiger partial charge in [0.2, 0.25) is 0 Å². The number of para-hydroxylation sites is 4. The van der Waals surface area contributed by atoms with Crippen molar-refractivity contribution in [2.75, 3.05) is 9.80 Å². The summed E-state index contributed by atoms with van der Waals surface area (Å²) in [4.78, 5) is 4.81. The summed E-state index contributed by atoms with van der Waals surface area (Å²) in [6.07, 6.45) is 0. The average molecular weight is 754 g/mol. The summed E-state index contributed by atoms with van der Waals surface area (Å²) in [6, 6.07) is 80.4. The molecule has 0 N–H and O–H groups in total. The van der Waals surface area contributed by atoms with Crippen molar-refractivity contribution in [2.45, 2.75) is 5.41 Å². The highest BCUT2D eigenvalue weighted by Gasteiger charge is 2.52. The van der Waals surface area contributed by atoms with E-state index in [9.17, 15) is 0 Å². The molecule has 10 aromatic rings. The van der Waals surface area contributed by atoms with Crippen LogP contribution < -0.4 is 9.80 Å². The number of fused-ring (bicyclic) bond motifs is 13. The van der Waals surface area contributed by atoms with Crippen molar-refractivity contribution in [3.05, 3.63) is 241 Å². The zero-order valence-electron chi connectivity index (χ0n) is 32.6. The number of hydrogen-bond acceptors (Lipinski definition) is 2. The molecule has 278 valence electrons. The first-order valence-corrected chi connectivity index (χ1v) is 20.4. The van der Waals surface area contributed by atoms with E-state index in [2.05, 4.69) is 240 Å². The summed E-state index contributed by atoms with van der Waals surface area (Å²) in [5, 5.41) is 2.54. The molecular weight excluding hydrogens is 715 g/mol. The first-order valence-electron chi connectivity index (χ1n) is 20.4. The fourth-order valence-electron chi connectivity index (χ4n) is 10.3. The van der Waals surface area contributed by atoms with Crippen molar-refractivity contribution in [2.24, 2.45) is 7.05 Å². The van der Waals surface area contributed by atoms with E-state index >= 15 is 0 Å². The van der Waals surface area contributed by atoms with Crippen LogP contribution in [0.3, 0.4) is 0 Å². The van der Waals surface area contributed by atoms with E-state index in [4.69, 9.17) is 0 Å². The van der Waals surface area contributed by atoms with Gasteiger partial charge in [0, 0.05) is 57.5 Å². The molecule has 1 spiro atoms. The minimum absolute atomic E-state index is 0.537. The van der Waals surface area contributed by atoms with Crippen molar-refractivity contribution in [3.8, 4) is 22.3 Å². The van der Waals surface area contributed by atoms with E-state index in [0.717, 1.165) is 34.1 Å². The molecule has 1 heterocycles. The Morgan fingerprint density at radius 3 is 1.24 bits per heavy atom. The Balaban J connectivity index is 1.12. The quantitative estimate of drug-likeness (QED) is 0.168. The Labute approximate surface area is 344 Å². The number of nitrogens with zero attached hydrogens (tertiary/aromatic N) is 3. The SMILES string of the molecule is Cn1c2ccccc2c2ccc(N(c3ccccc3)c3ccc4c(c3)C3(c5ccccc5-c5ccc(N(c6ccccc6)c6ccccc6)cc53)c3ccccc3-4)cc21. The van der Waals surface area contributed by atoms with Crippen LogP contribution in [0.25, 0.3) is 44.1 Å². The fourth-order valence-corrected chi connectivity index (χ4v) is 10.3. The third-order valence-corrected chi connectivity index (χ3v) is 12.8. The lowest BCUT2D eigenvalue weighted by atomic mass is 9.70. The van der Waals surface area contributed by atoms with Crippen LogP contribution in [0.1, 0.15) is 22.3 Å². The normalized spacial score (nSPS) is 14.6. The van der Waals surface area contributed by atoms with Gasteiger partial charge in [-0.15, -0.1) is 0 Å². The van der Waals surface area contributed by atoms with E-state index < -0.39 is 5.41 Å². The minimum atomic E-state index is -0.537. The second-order valence-corrected chi connectivity index (χ2v) is 15.8. The van der Waals surface area contributed by atoms with Crippen LogP contribution in [-0.4, -0.2) is 4.57 Å². The second-order valence-electron chi connectivity index (χ2n) is 15.8. The van der Waals surface area contributed by atoms with Gasteiger partial charge in [-0.1, -0.05) is 140 Å². The molecule has 2 aliphatic carbocycles. The number of aryl methyl sites for hydroxylation is 1. The number of aromatic nitrogens is 1. The molecule has 3 heteroatoms. The fraction of sp³-hybridized carbons (Fsp3) is 0.0357. The molecule has 0 bridgehead atoms. The first-order chi connectivity index (χ1) is 29.2. The predicted molar refractivity (Wildman–Crippen MR) is 246 cm³/mol. The van der Waals surface area contributed by atoms with Crippen molar-refractivity contribution in [3.63, 3.8) is 0 Å². The standard InChI is InChI=1S/C56H39N3/c1-57-54-28-16-13-25-48(54)49-34-31-43(37-55(49)57)59(40-21-9-4-10-22-40)42-30-33-47-45-24-12-15-27-51(45)56(53(47)36-42)50-26-14-11-23-44(50)46-32-29-41(35-52(46)56)58(38-17-5-2-6-18-38)39-19-7-3-8-20-39/h2-37H,1H3. The number of benzene rings is 9. The van der Waals surface area contributed by atoms with Gasteiger partial charge >= 0.3 is 0 Å². The van der Waals surface area contributed by atoms with Gasteiger partial charge in [-0.05, 0) is 123 Å². The van der Waals surface area contributed by atoms with Crippen LogP contribution in [0.15, 0.2) is 218 Å². The van der Waals surface area contributed by atoms with Crippen LogP contribution in [0.4, 0.5) is 34.1 Å². The molecule has 59 heavy (non-hydrogen) atoms. The summed E-state index contributed by atoms with van der Waals surface area (Å²) in [7, 11) is 2.18. The molecule has 1 aromatic heterocycles. The highest BCUT2D eigenvalue weighted by molar-refractivity contribution is 6.09. The van der Waals surface area contributed by atoms with Crippen molar-refractivity contribution in [1.29, 1.82) is 0 Å². The molecule has 2 aliphatic rings. The molecule has 0 saturated carbocycles. The number of anilines is 6. The zero-order chi connectivity index (χ0) is 39.1. The molecule has 0 fully saturated rings. The van der Waals surface area contributed by atoms with E-state index in [1.165, 1.54) is 66.3 Å². The largest absolute Gasteiger partial charge is 0.344 e. The molecule has 0 amide bonds. The lowest BCUT2D eigenvalue weighted by Gasteiger charge is -2.33.